The summed E-state index contributed by atoms with van der Waals surface area (Å²) in [5, 5.41) is 8.81. The van der Waals surface area contributed by atoms with Gasteiger partial charge >= 0.3 is 4.87 Å². The van der Waals surface area contributed by atoms with Gasteiger partial charge in [0.2, 0.25) is 0 Å². The topological polar surface area (TPSA) is 51.5 Å². The van der Waals surface area contributed by atoms with E-state index in [4.69, 9.17) is 9.84 Å². The molecule has 110 valence electrons. The lowest BCUT2D eigenvalue weighted by molar-refractivity contribution is 0.350. The Kier molecular flexibility index (Phi) is 4.84. The Morgan fingerprint density at radius 2 is 2.14 bits per heavy atom. The van der Waals surface area contributed by atoms with Crippen LogP contribution in [0.5, 0.6) is 5.75 Å². The largest absolute Gasteiger partial charge is 0.495 e. The number of aryl methyl sites for hydroxylation is 1. The van der Waals surface area contributed by atoms with Gasteiger partial charge in [0.25, 0.3) is 0 Å². The van der Waals surface area contributed by atoms with Crippen molar-refractivity contribution in [3.8, 4) is 17.6 Å². The standard InChI is InChI=1S/C16H17NO3S/c1-11-12(2)21-16(19)17(11)10-13-6-7-15(20-3)14(9-13)5-4-8-18/h6-7,9,18H,8,10H2,1-3H3. The minimum Gasteiger partial charge on any atom is -0.495 e. The molecular formula is C16H17NO3S. The van der Waals surface area contributed by atoms with Crippen LogP contribution in [-0.2, 0) is 6.54 Å². The van der Waals surface area contributed by atoms with Crippen LogP contribution in [0, 0.1) is 25.7 Å². The lowest BCUT2D eigenvalue weighted by atomic mass is 10.1. The number of benzene rings is 1. The van der Waals surface area contributed by atoms with Crippen LogP contribution in [-0.4, -0.2) is 23.4 Å². The summed E-state index contributed by atoms with van der Waals surface area (Å²) >= 11 is 1.26. The molecule has 0 atom stereocenters. The van der Waals surface area contributed by atoms with E-state index in [1.54, 1.807) is 11.7 Å². The summed E-state index contributed by atoms with van der Waals surface area (Å²) in [6, 6.07) is 5.64. The molecule has 0 saturated carbocycles. The summed E-state index contributed by atoms with van der Waals surface area (Å²) in [5.74, 6) is 6.14. The second-order valence-corrected chi connectivity index (χ2v) is 5.76. The second kappa shape index (κ2) is 6.61. The molecular weight excluding hydrogens is 286 g/mol. The molecule has 21 heavy (non-hydrogen) atoms. The molecule has 1 heterocycles. The molecule has 1 aromatic carbocycles. The molecule has 0 radical (unpaired) electrons. The third-order valence-corrected chi connectivity index (χ3v) is 4.28. The first-order valence-corrected chi connectivity index (χ1v) is 7.32. The first kappa shape index (κ1) is 15.4. The Hall–Kier alpha value is -2.03. The number of aliphatic hydroxyl groups is 1. The van der Waals surface area contributed by atoms with E-state index in [1.807, 2.05) is 32.0 Å². The van der Waals surface area contributed by atoms with Crippen molar-refractivity contribution in [1.82, 2.24) is 4.57 Å². The maximum atomic E-state index is 11.9. The summed E-state index contributed by atoms with van der Waals surface area (Å²) in [5.41, 5.74) is 2.67. The van der Waals surface area contributed by atoms with Gasteiger partial charge in [-0.3, -0.25) is 9.36 Å². The Morgan fingerprint density at radius 3 is 2.71 bits per heavy atom. The minimum atomic E-state index is -0.199. The number of thiazole rings is 1. The summed E-state index contributed by atoms with van der Waals surface area (Å²) in [4.78, 5) is 13.0. The highest BCUT2D eigenvalue weighted by atomic mass is 32.1. The van der Waals surface area contributed by atoms with Crippen LogP contribution in [0.2, 0.25) is 0 Å². The lowest BCUT2D eigenvalue weighted by Gasteiger charge is -2.08. The molecule has 2 aromatic rings. The Balaban J connectivity index is 2.39. The van der Waals surface area contributed by atoms with Crippen LogP contribution < -0.4 is 9.61 Å². The van der Waals surface area contributed by atoms with Crippen molar-refractivity contribution < 1.29 is 9.84 Å². The predicted molar refractivity (Wildman–Crippen MR) is 84.1 cm³/mol. The van der Waals surface area contributed by atoms with E-state index in [1.165, 1.54) is 11.3 Å². The second-order valence-electron chi connectivity index (χ2n) is 4.59. The van der Waals surface area contributed by atoms with Gasteiger partial charge in [-0.05, 0) is 31.5 Å². The van der Waals surface area contributed by atoms with Crippen molar-refractivity contribution in [3.63, 3.8) is 0 Å². The van der Waals surface area contributed by atoms with Crippen molar-refractivity contribution in [3.05, 3.63) is 49.6 Å². The molecule has 0 unspecified atom stereocenters. The molecule has 1 N–H and O–H groups in total. The maximum absolute atomic E-state index is 11.9. The number of rotatable bonds is 3. The third kappa shape index (κ3) is 3.35. The molecule has 4 nitrogen and oxygen atoms in total. The fourth-order valence-electron chi connectivity index (χ4n) is 2.04. The van der Waals surface area contributed by atoms with Crippen LogP contribution in [0.3, 0.4) is 0 Å². The van der Waals surface area contributed by atoms with Crippen molar-refractivity contribution >= 4 is 11.3 Å². The highest BCUT2D eigenvalue weighted by Crippen LogP contribution is 2.20. The lowest BCUT2D eigenvalue weighted by Crippen LogP contribution is -2.15. The third-order valence-electron chi connectivity index (χ3n) is 3.28. The first-order valence-electron chi connectivity index (χ1n) is 6.50. The summed E-state index contributed by atoms with van der Waals surface area (Å²) < 4.78 is 7.00. The van der Waals surface area contributed by atoms with Crippen molar-refractivity contribution in [1.29, 1.82) is 0 Å². The normalized spacial score (nSPS) is 10.1. The van der Waals surface area contributed by atoms with Gasteiger partial charge in [0.05, 0.1) is 19.2 Å². The number of hydrogen-bond acceptors (Lipinski definition) is 4. The number of aromatic nitrogens is 1. The average Bonchev–Trinajstić information content (AvgIpc) is 2.72. The quantitative estimate of drug-likeness (QED) is 0.882. The molecule has 0 aliphatic heterocycles. The van der Waals surface area contributed by atoms with Crippen molar-refractivity contribution in [2.24, 2.45) is 0 Å². The Bertz CT molecular complexity index is 762. The van der Waals surface area contributed by atoms with E-state index < -0.39 is 0 Å². The molecule has 1 aromatic heterocycles. The molecule has 0 bridgehead atoms. The number of aliphatic hydroxyl groups excluding tert-OH is 1. The SMILES string of the molecule is COc1ccc(Cn2c(C)c(C)sc2=O)cc1C#CCO. The van der Waals surface area contributed by atoms with E-state index in [-0.39, 0.29) is 11.5 Å². The molecule has 0 amide bonds. The molecule has 5 heteroatoms. The predicted octanol–water partition coefficient (Wildman–Crippen LogP) is 1.93. The van der Waals surface area contributed by atoms with Gasteiger partial charge in [-0.2, -0.15) is 0 Å². The van der Waals surface area contributed by atoms with E-state index in [0.29, 0.717) is 17.9 Å². The van der Waals surface area contributed by atoms with Crippen LogP contribution >= 0.6 is 11.3 Å². The maximum Gasteiger partial charge on any atom is 0.307 e. The van der Waals surface area contributed by atoms with Gasteiger partial charge in [-0.25, -0.2) is 0 Å². The van der Waals surface area contributed by atoms with E-state index >= 15 is 0 Å². The monoisotopic (exact) mass is 303 g/mol. The first-order chi connectivity index (χ1) is 10.1. The Labute approximate surface area is 127 Å². The van der Waals surface area contributed by atoms with Gasteiger partial charge in [0, 0.05) is 10.6 Å². The van der Waals surface area contributed by atoms with E-state index in [9.17, 15) is 4.79 Å². The summed E-state index contributed by atoms with van der Waals surface area (Å²) in [6.07, 6.45) is 0. The fourth-order valence-corrected chi connectivity index (χ4v) is 2.87. The number of methoxy groups -OCH3 is 1. The molecule has 0 saturated heterocycles. The zero-order valence-corrected chi connectivity index (χ0v) is 13.1. The average molecular weight is 303 g/mol. The molecule has 0 aliphatic rings. The van der Waals surface area contributed by atoms with Crippen molar-refractivity contribution in [2.45, 2.75) is 20.4 Å². The molecule has 0 fully saturated rings. The van der Waals surface area contributed by atoms with Crippen LogP contribution in [0.1, 0.15) is 21.7 Å². The molecule has 0 aliphatic carbocycles. The molecule has 2 rings (SSSR count). The Morgan fingerprint density at radius 1 is 1.38 bits per heavy atom. The van der Waals surface area contributed by atoms with Crippen LogP contribution in [0.15, 0.2) is 23.0 Å². The minimum absolute atomic E-state index is 0.0452. The molecule has 0 spiro atoms. The zero-order chi connectivity index (χ0) is 15.4. The van der Waals surface area contributed by atoms with Crippen molar-refractivity contribution in [2.75, 3.05) is 13.7 Å². The van der Waals surface area contributed by atoms with Crippen LogP contribution in [0.4, 0.5) is 0 Å². The van der Waals surface area contributed by atoms with Gasteiger partial charge in [0.1, 0.15) is 12.4 Å². The van der Waals surface area contributed by atoms with E-state index in [2.05, 4.69) is 11.8 Å². The fraction of sp³-hybridized carbons (Fsp3) is 0.312. The highest BCUT2D eigenvalue weighted by Gasteiger charge is 2.09. The number of hydrogen-bond donors (Lipinski definition) is 1. The van der Waals surface area contributed by atoms with Crippen LogP contribution in [0.25, 0.3) is 0 Å². The smallest absolute Gasteiger partial charge is 0.307 e. The van der Waals surface area contributed by atoms with E-state index in [0.717, 1.165) is 16.1 Å². The van der Waals surface area contributed by atoms with Gasteiger partial charge in [-0.1, -0.05) is 29.2 Å². The number of nitrogens with zero attached hydrogens (tertiary/aromatic N) is 1. The zero-order valence-electron chi connectivity index (χ0n) is 12.3. The van der Waals surface area contributed by atoms with Gasteiger partial charge < -0.3 is 9.84 Å². The summed E-state index contributed by atoms with van der Waals surface area (Å²) in [7, 11) is 1.58. The summed E-state index contributed by atoms with van der Waals surface area (Å²) in [6.45, 7) is 4.20. The highest BCUT2D eigenvalue weighted by molar-refractivity contribution is 7.09. The van der Waals surface area contributed by atoms with Gasteiger partial charge in [0.15, 0.2) is 0 Å². The number of ether oxygens (including phenoxy) is 1. The van der Waals surface area contributed by atoms with Gasteiger partial charge in [-0.15, -0.1) is 0 Å².